The van der Waals surface area contributed by atoms with E-state index in [9.17, 15) is 9.90 Å². The topological polar surface area (TPSA) is 53.0 Å². The van der Waals surface area contributed by atoms with Gasteiger partial charge < -0.3 is 14.7 Å². The number of nitrogens with zero attached hydrogens (tertiary/aromatic N) is 2. The van der Waals surface area contributed by atoms with Crippen molar-refractivity contribution in [2.45, 2.75) is 37.4 Å². The van der Waals surface area contributed by atoms with E-state index in [1.54, 1.807) is 0 Å². The van der Waals surface area contributed by atoms with Crippen LogP contribution in [0.4, 0.5) is 5.69 Å². The van der Waals surface area contributed by atoms with Gasteiger partial charge in [0.05, 0.1) is 6.61 Å². The Balaban J connectivity index is 1.44. The SMILES string of the molecule is O=C(C1CCOCC1)N1C[C@@H]2[C@H](c3ccccc31)[C@@H](CO)N2Cc1ccc(Cl)cc1. The highest BCUT2D eigenvalue weighted by Gasteiger charge is 2.53. The minimum atomic E-state index is 0.0294. The fraction of sp³-hybridized carbons (Fsp3) is 0.458. The van der Waals surface area contributed by atoms with Crippen LogP contribution in [0.1, 0.15) is 29.9 Å². The first-order chi connectivity index (χ1) is 14.7. The molecule has 2 fully saturated rings. The van der Waals surface area contributed by atoms with Crippen molar-refractivity contribution in [3.63, 3.8) is 0 Å². The lowest BCUT2D eigenvalue weighted by Crippen LogP contribution is -2.69. The van der Waals surface area contributed by atoms with Gasteiger partial charge in [-0.2, -0.15) is 0 Å². The number of aliphatic hydroxyl groups is 1. The van der Waals surface area contributed by atoms with Gasteiger partial charge in [0.25, 0.3) is 0 Å². The standard InChI is InChI=1S/C24H27ClN2O3/c25-18-7-5-16(6-8-18)13-26-21-14-27(24(29)17-9-11-30-12-10-17)20-4-2-1-3-19(20)23(21)22(26)15-28/h1-8,17,21-23,28H,9-15H2/t21-,22-,23+/m1/s1. The lowest BCUT2D eigenvalue weighted by Gasteiger charge is -2.59. The molecule has 3 aliphatic heterocycles. The summed E-state index contributed by atoms with van der Waals surface area (Å²) in [5, 5.41) is 10.9. The molecule has 0 aromatic heterocycles. The van der Waals surface area contributed by atoms with Crippen LogP contribution < -0.4 is 4.90 Å². The molecule has 30 heavy (non-hydrogen) atoms. The number of hydrogen-bond acceptors (Lipinski definition) is 4. The predicted molar refractivity (Wildman–Crippen MR) is 117 cm³/mol. The quantitative estimate of drug-likeness (QED) is 0.813. The number of hydrogen-bond donors (Lipinski definition) is 1. The molecule has 1 amide bonds. The van der Waals surface area contributed by atoms with Crippen molar-refractivity contribution >= 4 is 23.2 Å². The number of fused-ring (bicyclic) bond motifs is 3. The molecule has 158 valence electrons. The van der Waals surface area contributed by atoms with Crippen molar-refractivity contribution in [1.29, 1.82) is 0 Å². The Morgan fingerprint density at radius 2 is 1.83 bits per heavy atom. The van der Waals surface area contributed by atoms with E-state index in [-0.39, 0.29) is 36.4 Å². The van der Waals surface area contributed by atoms with E-state index >= 15 is 0 Å². The molecule has 2 saturated heterocycles. The number of anilines is 1. The van der Waals surface area contributed by atoms with Crippen molar-refractivity contribution < 1.29 is 14.6 Å². The summed E-state index contributed by atoms with van der Waals surface area (Å²) >= 11 is 6.04. The predicted octanol–water partition coefficient (Wildman–Crippen LogP) is 3.44. The smallest absolute Gasteiger partial charge is 0.230 e. The van der Waals surface area contributed by atoms with Gasteiger partial charge in [-0.3, -0.25) is 9.69 Å². The number of aliphatic hydroxyl groups excluding tert-OH is 1. The highest BCUT2D eigenvalue weighted by atomic mass is 35.5. The Labute approximate surface area is 182 Å². The van der Waals surface area contributed by atoms with Crippen LogP contribution in [0.5, 0.6) is 0 Å². The number of para-hydroxylation sites is 1. The van der Waals surface area contributed by atoms with E-state index in [0.717, 1.165) is 35.7 Å². The molecule has 3 heterocycles. The highest BCUT2D eigenvalue weighted by Crippen LogP contribution is 2.49. The zero-order valence-electron chi connectivity index (χ0n) is 16.9. The molecule has 0 unspecified atom stereocenters. The number of likely N-dealkylation sites (tertiary alicyclic amines) is 1. The number of halogens is 1. The lowest BCUT2D eigenvalue weighted by molar-refractivity contribution is -0.126. The number of carbonyl (C=O) groups is 1. The Bertz CT molecular complexity index is 913. The van der Waals surface area contributed by atoms with E-state index in [4.69, 9.17) is 16.3 Å². The summed E-state index contributed by atoms with van der Waals surface area (Å²) < 4.78 is 5.46. The molecule has 3 atom stereocenters. The molecule has 6 heteroatoms. The van der Waals surface area contributed by atoms with Crippen LogP contribution in [0.25, 0.3) is 0 Å². The van der Waals surface area contributed by atoms with E-state index in [2.05, 4.69) is 17.0 Å². The van der Waals surface area contributed by atoms with Gasteiger partial charge in [0, 0.05) is 60.9 Å². The number of ether oxygens (including phenoxy) is 1. The summed E-state index contributed by atoms with van der Waals surface area (Å²) in [5.41, 5.74) is 3.36. The van der Waals surface area contributed by atoms with Gasteiger partial charge in [-0.15, -0.1) is 0 Å². The summed E-state index contributed by atoms with van der Waals surface area (Å²) in [6.07, 6.45) is 1.58. The van der Waals surface area contributed by atoms with Gasteiger partial charge in [0.15, 0.2) is 0 Å². The van der Waals surface area contributed by atoms with E-state index < -0.39 is 0 Å². The molecular weight excluding hydrogens is 400 g/mol. The summed E-state index contributed by atoms with van der Waals surface area (Å²) in [5.74, 6) is 0.488. The lowest BCUT2D eigenvalue weighted by atomic mass is 9.71. The first-order valence-corrected chi connectivity index (χ1v) is 11.1. The number of benzene rings is 2. The first-order valence-electron chi connectivity index (χ1n) is 10.8. The Morgan fingerprint density at radius 3 is 2.57 bits per heavy atom. The van der Waals surface area contributed by atoms with Crippen LogP contribution in [-0.4, -0.2) is 54.4 Å². The third-order valence-corrected chi connectivity index (χ3v) is 7.19. The second-order valence-corrected chi connectivity index (χ2v) is 8.97. The maximum absolute atomic E-state index is 13.4. The highest BCUT2D eigenvalue weighted by molar-refractivity contribution is 6.30. The molecule has 5 nitrogen and oxygen atoms in total. The molecule has 2 aromatic carbocycles. The zero-order chi connectivity index (χ0) is 20.7. The van der Waals surface area contributed by atoms with Crippen LogP contribution in [-0.2, 0) is 16.1 Å². The van der Waals surface area contributed by atoms with Crippen molar-refractivity contribution in [2.75, 3.05) is 31.3 Å². The minimum Gasteiger partial charge on any atom is -0.395 e. The summed E-state index contributed by atoms with van der Waals surface area (Å²) in [7, 11) is 0. The Morgan fingerprint density at radius 1 is 1.10 bits per heavy atom. The van der Waals surface area contributed by atoms with Crippen LogP contribution in [0, 0.1) is 5.92 Å². The maximum Gasteiger partial charge on any atom is 0.230 e. The van der Waals surface area contributed by atoms with Gasteiger partial charge in [-0.05, 0) is 42.2 Å². The third-order valence-electron chi connectivity index (χ3n) is 6.94. The average Bonchev–Trinajstić information content (AvgIpc) is 2.79. The average molecular weight is 427 g/mol. The second kappa shape index (κ2) is 8.31. The third kappa shape index (κ3) is 3.44. The van der Waals surface area contributed by atoms with Crippen LogP contribution in [0.3, 0.4) is 0 Å². The van der Waals surface area contributed by atoms with Crippen LogP contribution in [0.15, 0.2) is 48.5 Å². The number of carbonyl (C=O) groups excluding carboxylic acids is 1. The van der Waals surface area contributed by atoms with E-state index in [1.165, 1.54) is 5.56 Å². The Hall–Kier alpha value is -1.92. The minimum absolute atomic E-state index is 0.0294. The summed E-state index contributed by atoms with van der Waals surface area (Å²) in [6.45, 7) is 2.84. The van der Waals surface area contributed by atoms with E-state index in [1.807, 2.05) is 41.3 Å². The molecule has 0 bridgehead atoms. The number of rotatable bonds is 4. The second-order valence-electron chi connectivity index (χ2n) is 8.54. The molecule has 3 aliphatic rings. The van der Waals surface area contributed by atoms with Gasteiger partial charge >= 0.3 is 0 Å². The fourth-order valence-corrected chi connectivity index (χ4v) is 5.50. The molecule has 0 radical (unpaired) electrons. The largest absolute Gasteiger partial charge is 0.395 e. The van der Waals surface area contributed by atoms with Crippen molar-refractivity contribution in [2.24, 2.45) is 5.92 Å². The van der Waals surface area contributed by atoms with Crippen molar-refractivity contribution in [1.82, 2.24) is 4.90 Å². The molecule has 0 aliphatic carbocycles. The Kier molecular flexibility index (Phi) is 5.54. The first kappa shape index (κ1) is 20.0. The van der Waals surface area contributed by atoms with Gasteiger partial charge in [-0.1, -0.05) is 41.9 Å². The molecular formula is C24H27ClN2O3. The van der Waals surface area contributed by atoms with Crippen LogP contribution in [0.2, 0.25) is 5.02 Å². The van der Waals surface area contributed by atoms with Gasteiger partial charge in [0.2, 0.25) is 5.91 Å². The molecule has 0 spiro atoms. The fourth-order valence-electron chi connectivity index (χ4n) is 5.37. The van der Waals surface area contributed by atoms with Crippen LogP contribution >= 0.6 is 11.6 Å². The maximum atomic E-state index is 13.4. The van der Waals surface area contributed by atoms with Crippen molar-refractivity contribution in [3.8, 4) is 0 Å². The number of amides is 1. The molecule has 5 rings (SSSR count). The molecule has 2 aromatic rings. The zero-order valence-corrected chi connectivity index (χ0v) is 17.7. The summed E-state index contributed by atoms with van der Waals surface area (Å²) in [6, 6.07) is 16.4. The normalized spacial score (nSPS) is 26.6. The van der Waals surface area contributed by atoms with Gasteiger partial charge in [-0.25, -0.2) is 0 Å². The summed E-state index contributed by atoms with van der Waals surface area (Å²) in [4.78, 5) is 17.8. The van der Waals surface area contributed by atoms with E-state index in [0.29, 0.717) is 19.8 Å². The molecule has 1 N–H and O–H groups in total. The monoisotopic (exact) mass is 426 g/mol. The van der Waals surface area contributed by atoms with Crippen molar-refractivity contribution in [3.05, 3.63) is 64.7 Å². The van der Waals surface area contributed by atoms with Gasteiger partial charge in [0.1, 0.15) is 0 Å². The molecule has 0 saturated carbocycles.